The van der Waals surface area contributed by atoms with Crippen LogP contribution in [0.1, 0.15) is 26.3 Å². The van der Waals surface area contributed by atoms with Crippen LogP contribution in [-0.4, -0.2) is 28.6 Å². The van der Waals surface area contributed by atoms with E-state index in [1.165, 1.54) is 11.3 Å². The van der Waals surface area contributed by atoms with Crippen LogP contribution in [0.3, 0.4) is 0 Å². The Morgan fingerprint density at radius 1 is 1.17 bits per heavy atom. The Morgan fingerprint density at radius 3 is 2.59 bits per heavy atom. The van der Waals surface area contributed by atoms with Gasteiger partial charge in [0, 0.05) is 11.8 Å². The predicted molar refractivity (Wildman–Crippen MR) is 112 cm³/mol. The molecule has 0 fully saturated rings. The lowest BCUT2D eigenvalue weighted by molar-refractivity contribution is -0.118. The molecule has 1 atom stereocenters. The van der Waals surface area contributed by atoms with Crippen molar-refractivity contribution in [2.45, 2.75) is 38.8 Å². The van der Waals surface area contributed by atoms with Crippen LogP contribution >= 0.6 is 11.3 Å². The van der Waals surface area contributed by atoms with Crippen molar-refractivity contribution in [2.24, 2.45) is 0 Å². The Labute approximate surface area is 173 Å². The molecule has 2 N–H and O–H groups in total. The molecule has 1 aromatic carbocycles. The molecule has 0 aliphatic rings. The number of anilines is 1. The maximum Gasteiger partial charge on any atom is 0.408 e. The van der Waals surface area contributed by atoms with Crippen LogP contribution in [0.25, 0.3) is 11.5 Å². The third-order valence-electron chi connectivity index (χ3n) is 3.80. The quantitative estimate of drug-likeness (QED) is 0.622. The molecule has 3 rings (SSSR count). The zero-order valence-corrected chi connectivity index (χ0v) is 17.3. The van der Waals surface area contributed by atoms with Crippen molar-refractivity contribution in [3.63, 3.8) is 0 Å². The maximum absolute atomic E-state index is 12.9. The minimum Gasteiger partial charge on any atom is -0.463 e. The van der Waals surface area contributed by atoms with Crippen molar-refractivity contribution < 1.29 is 18.7 Å². The van der Waals surface area contributed by atoms with E-state index in [9.17, 15) is 9.59 Å². The number of carbonyl (C=O) groups excluding carboxylic acids is 2. The third kappa shape index (κ3) is 6.18. The predicted octanol–water partition coefficient (Wildman–Crippen LogP) is 4.48. The van der Waals surface area contributed by atoms with Crippen LogP contribution < -0.4 is 10.6 Å². The number of amides is 2. The summed E-state index contributed by atoms with van der Waals surface area (Å²) in [7, 11) is 0. The van der Waals surface area contributed by atoms with Gasteiger partial charge in [0.15, 0.2) is 10.9 Å². The molecule has 29 heavy (non-hydrogen) atoms. The van der Waals surface area contributed by atoms with E-state index in [4.69, 9.17) is 9.15 Å². The van der Waals surface area contributed by atoms with Gasteiger partial charge in [-0.3, -0.25) is 4.79 Å². The van der Waals surface area contributed by atoms with Crippen LogP contribution in [0.15, 0.2) is 58.5 Å². The number of benzene rings is 1. The summed E-state index contributed by atoms with van der Waals surface area (Å²) in [5.74, 6) is 0.245. The second-order valence-electron chi connectivity index (χ2n) is 7.39. The van der Waals surface area contributed by atoms with Gasteiger partial charge in [-0.1, -0.05) is 30.3 Å². The fraction of sp³-hybridized carbons (Fsp3) is 0.286. The number of aromatic nitrogens is 1. The van der Waals surface area contributed by atoms with Crippen molar-refractivity contribution in [2.75, 3.05) is 5.32 Å². The molecule has 0 aliphatic heterocycles. The molecule has 3 aromatic rings. The molecule has 2 aromatic heterocycles. The van der Waals surface area contributed by atoms with E-state index in [1.807, 2.05) is 30.3 Å². The molecule has 0 saturated heterocycles. The van der Waals surface area contributed by atoms with Crippen molar-refractivity contribution in [3.05, 3.63) is 59.7 Å². The number of rotatable bonds is 6. The second kappa shape index (κ2) is 8.91. The molecule has 7 nitrogen and oxygen atoms in total. The van der Waals surface area contributed by atoms with Crippen LogP contribution in [0, 0.1) is 0 Å². The van der Waals surface area contributed by atoms with Crippen LogP contribution in [0.4, 0.5) is 9.93 Å². The van der Waals surface area contributed by atoms with Crippen molar-refractivity contribution in [3.8, 4) is 11.5 Å². The van der Waals surface area contributed by atoms with Gasteiger partial charge in [-0.15, -0.1) is 11.3 Å². The summed E-state index contributed by atoms with van der Waals surface area (Å²) >= 11 is 1.28. The number of furan rings is 1. The summed E-state index contributed by atoms with van der Waals surface area (Å²) in [6.07, 6.45) is 1.24. The first-order valence-electron chi connectivity index (χ1n) is 9.14. The van der Waals surface area contributed by atoms with Gasteiger partial charge < -0.3 is 19.8 Å². The molecule has 8 heteroatoms. The zero-order valence-electron chi connectivity index (χ0n) is 16.5. The van der Waals surface area contributed by atoms with E-state index in [0.29, 0.717) is 23.0 Å². The Bertz CT molecular complexity index is 946. The number of carbonyl (C=O) groups is 2. The SMILES string of the molecule is CC(C)(C)OC(=O)N[C@@H](Cc1ccccc1)C(=O)Nc1nc(-c2ccco2)cs1. The van der Waals surface area contributed by atoms with E-state index in [2.05, 4.69) is 15.6 Å². The van der Waals surface area contributed by atoms with Gasteiger partial charge in [0.05, 0.1) is 6.26 Å². The molecule has 0 aliphatic carbocycles. The average Bonchev–Trinajstić information content (AvgIpc) is 3.32. The third-order valence-corrected chi connectivity index (χ3v) is 4.56. The number of nitrogens with one attached hydrogen (secondary N) is 2. The molecular weight excluding hydrogens is 390 g/mol. The maximum atomic E-state index is 12.9. The van der Waals surface area contributed by atoms with E-state index < -0.39 is 17.7 Å². The number of thiazole rings is 1. The van der Waals surface area contributed by atoms with Gasteiger partial charge in [-0.25, -0.2) is 9.78 Å². The standard InChI is InChI=1S/C21H23N3O4S/c1-21(2,3)28-20(26)23-15(12-14-8-5-4-6-9-14)18(25)24-19-22-16(13-29-19)17-10-7-11-27-17/h4-11,13,15H,12H2,1-3H3,(H,23,26)(H,22,24,25)/t15-/m0/s1. The summed E-state index contributed by atoms with van der Waals surface area (Å²) in [6.45, 7) is 5.31. The minimum atomic E-state index is -0.816. The smallest absolute Gasteiger partial charge is 0.408 e. The number of nitrogens with zero attached hydrogens (tertiary/aromatic N) is 1. The topological polar surface area (TPSA) is 93.5 Å². The second-order valence-corrected chi connectivity index (χ2v) is 8.25. The molecule has 0 saturated carbocycles. The van der Waals surface area contributed by atoms with Gasteiger partial charge in [-0.2, -0.15) is 0 Å². The lowest BCUT2D eigenvalue weighted by atomic mass is 10.1. The molecule has 0 unspecified atom stereocenters. The average molecular weight is 413 g/mol. The molecule has 0 radical (unpaired) electrons. The van der Waals surface area contributed by atoms with Gasteiger partial charge in [0.25, 0.3) is 0 Å². The highest BCUT2D eigenvalue weighted by Gasteiger charge is 2.25. The number of hydrogen-bond donors (Lipinski definition) is 2. The molecular formula is C21H23N3O4S. The first-order valence-corrected chi connectivity index (χ1v) is 10.0. The summed E-state index contributed by atoms with van der Waals surface area (Å²) < 4.78 is 10.6. The zero-order chi connectivity index (χ0) is 20.9. The van der Waals surface area contributed by atoms with Crippen LogP contribution in [0.2, 0.25) is 0 Å². The van der Waals surface area contributed by atoms with Crippen molar-refractivity contribution >= 4 is 28.5 Å². The molecule has 2 heterocycles. The van der Waals surface area contributed by atoms with Crippen LogP contribution in [-0.2, 0) is 16.0 Å². The summed E-state index contributed by atoms with van der Waals surface area (Å²) in [6, 6.07) is 12.2. The molecule has 152 valence electrons. The van der Waals surface area contributed by atoms with E-state index in [-0.39, 0.29) is 5.91 Å². The Balaban J connectivity index is 1.72. The van der Waals surface area contributed by atoms with E-state index in [1.54, 1.807) is 44.5 Å². The number of alkyl carbamates (subject to hydrolysis) is 1. The number of ether oxygens (including phenoxy) is 1. The highest BCUT2D eigenvalue weighted by atomic mass is 32.1. The van der Waals surface area contributed by atoms with Crippen molar-refractivity contribution in [1.82, 2.24) is 10.3 Å². The summed E-state index contributed by atoms with van der Waals surface area (Å²) in [5.41, 5.74) is 0.889. The monoisotopic (exact) mass is 413 g/mol. The van der Waals surface area contributed by atoms with E-state index in [0.717, 1.165) is 5.56 Å². The summed E-state index contributed by atoms with van der Waals surface area (Å²) in [4.78, 5) is 29.5. The largest absolute Gasteiger partial charge is 0.463 e. The fourth-order valence-electron chi connectivity index (χ4n) is 2.57. The van der Waals surface area contributed by atoms with Gasteiger partial charge >= 0.3 is 6.09 Å². The van der Waals surface area contributed by atoms with Crippen LogP contribution in [0.5, 0.6) is 0 Å². The number of hydrogen-bond acceptors (Lipinski definition) is 6. The first kappa shape index (κ1) is 20.6. The highest BCUT2D eigenvalue weighted by molar-refractivity contribution is 7.14. The van der Waals surface area contributed by atoms with Gasteiger partial charge in [0.1, 0.15) is 17.3 Å². The van der Waals surface area contributed by atoms with Gasteiger partial charge in [-0.05, 0) is 38.5 Å². The Kier molecular flexibility index (Phi) is 6.33. The molecule has 0 bridgehead atoms. The van der Waals surface area contributed by atoms with Gasteiger partial charge in [0.2, 0.25) is 5.91 Å². The molecule has 2 amide bonds. The fourth-order valence-corrected chi connectivity index (χ4v) is 3.27. The Morgan fingerprint density at radius 2 is 1.93 bits per heavy atom. The van der Waals surface area contributed by atoms with Crippen molar-refractivity contribution in [1.29, 1.82) is 0 Å². The first-order chi connectivity index (χ1) is 13.8. The Hall–Kier alpha value is -3.13. The normalized spacial score (nSPS) is 12.2. The lowest BCUT2D eigenvalue weighted by Gasteiger charge is -2.23. The molecule has 0 spiro atoms. The highest BCUT2D eigenvalue weighted by Crippen LogP contribution is 2.25. The minimum absolute atomic E-state index is 0.322. The lowest BCUT2D eigenvalue weighted by Crippen LogP contribution is -2.47. The summed E-state index contributed by atoms with van der Waals surface area (Å²) in [5, 5.41) is 7.65. The van der Waals surface area contributed by atoms with E-state index >= 15 is 0 Å².